The average Bonchev–Trinajstić information content (AvgIpc) is 3.09. The monoisotopic (exact) mass is 255 g/mol. The predicted octanol–water partition coefficient (Wildman–Crippen LogP) is 0.860. The van der Waals surface area contributed by atoms with Crippen LogP contribution in [0.25, 0.3) is 0 Å². The number of thioether (sulfide) groups is 1. The summed E-state index contributed by atoms with van der Waals surface area (Å²) in [5.74, 6) is 0. The zero-order valence-corrected chi connectivity index (χ0v) is 11.7. The van der Waals surface area contributed by atoms with Crippen LogP contribution in [0, 0.1) is 0 Å². The van der Waals surface area contributed by atoms with Crippen molar-refractivity contribution in [2.75, 3.05) is 45.5 Å². The molecule has 0 radical (unpaired) electrons. The highest BCUT2D eigenvalue weighted by atomic mass is 32.2. The van der Waals surface area contributed by atoms with E-state index in [2.05, 4.69) is 21.4 Å². The Kier molecular flexibility index (Phi) is 3.95. The number of hydrogen-bond donors (Lipinski definition) is 1. The minimum absolute atomic E-state index is 0.789. The van der Waals surface area contributed by atoms with Crippen LogP contribution in [0.3, 0.4) is 0 Å². The summed E-state index contributed by atoms with van der Waals surface area (Å²) >= 11 is 2.04. The van der Waals surface area contributed by atoms with Crippen molar-refractivity contribution in [3.63, 3.8) is 0 Å². The zero-order chi connectivity index (χ0) is 11.7. The van der Waals surface area contributed by atoms with Crippen LogP contribution >= 0.6 is 11.8 Å². The lowest BCUT2D eigenvalue weighted by atomic mass is 10.2. The van der Waals surface area contributed by atoms with Crippen LogP contribution in [0.4, 0.5) is 0 Å². The van der Waals surface area contributed by atoms with Gasteiger partial charge in [-0.15, -0.1) is 0 Å². The van der Waals surface area contributed by atoms with Crippen LogP contribution in [-0.4, -0.2) is 72.7 Å². The van der Waals surface area contributed by atoms with E-state index in [1.54, 1.807) is 0 Å². The first-order valence-electron chi connectivity index (χ1n) is 7.10. The summed E-state index contributed by atoms with van der Waals surface area (Å²) in [6, 6.07) is 1.65. The Morgan fingerprint density at radius 3 is 2.65 bits per heavy atom. The molecule has 0 aromatic heterocycles. The molecule has 98 valence electrons. The molecule has 0 spiro atoms. The Balaban J connectivity index is 1.56. The molecule has 0 bridgehead atoms. The lowest BCUT2D eigenvalue weighted by molar-refractivity contribution is 0.208. The largest absolute Gasteiger partial charge is 0.314 e. The fourth-order valence-electron chi connectivity index (χ4n) is 3.72. The minimum Gasteiger partial charge on any atom is -0.314 e. The van der Waals surface area contributed by atoms with Crippen molar-refractivity contribution in [1.82, 2.24) is 15.1 Å². The summed E-state index contributed by atoms with van der Waals surface area (Å²) in [7, 11) is 0. The van der Waals surface area contributed by atoms with Crippen molar-refractivity contribution in [1.29, 1.82) is 0 Å². The van der Waals surface area contributed by atoms with E-state index < -0.39 is 0 Å². The average molecular weight is 255 g/mol. The van der Waals surface area contributed by atoms with Crippen LogP contribution in [0.2, 0.25) is 0 Å². The van der Waals surface area contributed by atoms with Crippen molar-refractivity contribution in [2.24, 2.45) is 0 Å². The molecule has 0 aromatic rings. The van der Waals surface area contributed by atoms with Gasteiger partial charge in [0.15, 0.2) is 0 Å². The van der Waals surface area contributed by atoms with E-state index >= 15 is 0 Å². The minimum atomic E-state index is 0.789. The molecule has 3 rings (SSSR count). The number of nitrogens with one attached hydrogen (secondary N) is 1. The number of rotatable bonds is 3. The molecule has 0 aromatic carbocycles. The van der Waals surface area contributed by atoms with Crippen molar-refractivity contribution < 1.29 is 0 Å². The maximum Gasteiger partial charge on any atom is 0.0352 e. The molecule has 3 aliphatic rings. The Hall–Kier alpha value is 0.230. The quantitative estimate of drug-likeness (QED) is 0.806. The van der Waals surface area contributed by atoms with Gasteiger partial charge in [-0.1, -0.05) is 0 Å². The molecule has 17 heavy (non-hydrogen) atoms. The Bertz CT molecular complexity index is 255. The van der Waals surface area contributed by atoms with Gasteiger partial charge in [-0.3, -0.25) is 9.80 Å². The molecule has 3 fully saturated rings. The van der Waals surface area contributed by atoms with Crippen LogP contribution in [0.1, 0.15) is 19.3 Å². The summed E-state index contributed by atoms with van der Waals surface area (Å²) in [6.07, 6.45) is 6.51. The molecule has 3 unspecified atom stereocenters. The second-order valence-corrected chi connectivity index (χ2v) is 6.76. The zero-order valence-electron chi connectivity index (χ0n) is 10.9. The van der Waals surface area contributed by atoms with Gasteiger partial charge in [-0.05, 0) is 38.6 Å². The Morgan fingerprint density at radius 2 is 1.88 bits per heavy atom. The van der Waals surface area contributed by atoms with Gasteiger partial charge in [-0.2, -0.15) is 11.8 Å². The topological polar surface area (TPSA) is 18.5 Å². The fourth-order valence-corrected chi connectivity index (χ4v) is 4.59. The molecule has 0 amide bonds. The van der Waals surface area contributed by atoms with Crippen molar-refractivity contribution >= 4 is 11.8 Å². The van der Waals surface area contributed by atoms with E-state index in [9.17, 15) is 0 Å². The van der Waals surface area contributed by atoms with Crippen molar-refractivity contribution in [3.8, 4) is 0 Å². The highest BCUT2D eigenvalue weighted by Crippen LogP contribution is 2.26. The molecule has 3 heterocycles. The Labute approximate surface area is 109 Å². The molecule has 3 nitrogen and oxygen atoms in total. The molecule has 4 heteroatoms. The maximum atomic E-state index is 3.56. The van der Waals surface area contributed by atoms with Gasteiger partial charge in [0.1, 0.15) is 0 Å². The molecular formula is C13H25N3S. The van der Waals surface area contributed by atoms with Gasteiger partial charge >= 0.3 is 0 Å². The first-order valence-corrected chi connectivity index (χ1v) is 8.39. The highest BCUT2D eigenvalue weighted by Gasteiger charge is 2.37. The van der Waals surface area contributed by atoms with E-state index in [1.807, 2.05) is 11.8 Å². The van der Waals surface area contributed by atoms with Crippen LogP contribution in [0.15, 0.2) is 0 Å². The van der Waals surface area contributed by atoms with Crippen LogP contribution in [0.5, 0.6) is 0 Å². The third kappa shape index (κ3) is 2.50. The van der Waals surface area contributed by atoms with Crippen molar-refractivity contribution in [3.05, 3.63) is 0 Å². The van der Waals surface area contributed by atoms with Gasteiger partial charge in [0, 0.05) is 43.5 Å². The lowest BCUT2D eigenvalue weighted by Crippen LogP contribution is -2.43. The summed E-state index contributed by atoms with van der Waals surface area (Å²) in [4.78, 5) is 5.49. The van der Waals surface area contributed by atoms with E-state index in [-0.39, 0.29) is 0 Å². The van der Waals surface area contributed by atoms with E-state index in [4.69, 9.17) is 0 Å². The second kappa shape index (κ2) is 5.47. The fraction of sp³-hybridized carbons (Fsp3) is 1.00. The van der Waals surface area contributed by atoms with Gasteiger partial charge < -0.3 is 5.32 Å². The normalized spacial score (nSPS) is 40.4. The molecule has 1 N–H and O–H groups in total. The third-order valence-corrected chi connectivity index (χ3v) is 5.84. The summed E-state index contributed by atoms with van der Waals surface area (Å²) in [5.41, 5.74) is 0. The summed E-state index contributed by atoms with van der Waals surface area (Å²) in [5, 5.41) is 4.37. The molecule has 3 atom stereocenters. The SMILES string of the molecule is CSC1CNCC1N1CCC(N2CCCC2)C1. The summed E-state index contributed by atoms with van der Waals surface area (Å²) in [6.45, 7) is 7.77. The molecule has 3 aliphatic heterocycles. The highest BCUT2D eigenvalue weighted by molar-refractivity contribution is 7.99. The smallest absolute Gasteiger partial charge is 0.0352 e. The van der Waals surface area contributed by atoms with E-state index in [0.29, 0.717) is 0 Å². The third-order valence-electron chi connectivity index (χ3n) is 4.75. The van der Waals surface area contributed by atoms with E-state index in [0.717, 1.165) is 17.3 Å². The molecule has 0 saturated carbocycles. The van der Waals surface area contributed by atoms with Crippen LogP contribution in [-0.2, 0) is 0 Å². The number of hydrogen-bond acceptors (Lipinski definition) is 4. The van der Waals surface area contributed by atoms with Gasteiger partial charge in [-0.25, -0.2) is 0 Å². The first-order chi connectivity index (χ1) is 8.38. The maximum absolute atomic E-state index is 3.56. The van der Waals surface area contributed by atoms with Gasteiger partial charge in [0.05, 0.1) is 0 Å². The molecular weight excluding hydrogens is 230 g/mol. The first kappa shape index (κ1) is 12.3. The predicted molar refractivity (Wildman–Crippen MR) is 74.7 cm³/mol. The van der Waals surface area contributed by atoms with Crippen LogP contribution < -0.4 is 5.32 Å². The van der Waals surface area contributed by atoms with Crippen molar-refractivity contribution in [2.45, 2.75) is 36.6 Å². The molecule has 3 saturated heterocycles. The van der Waals surface area contributed by atoms with Gasteiger partial charge in [0.25, 0.3) is 0 Å². The summed E-state index contributed by atoms with van der Waals surface area (Å²) < 4.78 is 0. The molecule has 0 aliphatic carbocycles. The Morgan fingerprint density at radius 1 is 1.06 bits per heavy atom. The van der Waals surface area contributed by atoms with E-state index in [1.165, 1.54) is 58.5 Å². The number of likely N-dealkylation sites (tertiary alicyclic amines) is 2. The lowest BCUT2D eigenvalue weighted by Gasteiger charge is -2.29. The second-order valence-electron chi connectivity index (χ2n) is 5.68. The standard InChI is InChI=1S/C13H25N3S/c1-17-13-9-14-8-12(13)16-7-4-11(10-16)15-5-2-3-6-15/h11-14H,2-10H2,1H3. The van der Waals surface area contributed by atoms with Gasteiger partial charge in [0.2, 0.25) is 0 Å². The number of nitrogens with zero attached hydrogens (tertiary/aromatic N) is 2.